The van der Waals surface area contributed by atoms with Crippen molar-refractivity contribution >= 4 is 29.3 Å². The predicted molar refractivity (Wildman–Crippen MR) is 136 cm³/mol. The van der Waals surface area contributed by atoms with Crippen molar-refractivity contribution < 1.29 is 19.2 Å². The number of hydrogen-bond donors (Lipinski definition) is 1. The molecule has 1 N–H and O–H groups in total. The van der Waals surface area contributed by atoms with Crippen LogP contribution in [0.2, 0.25) is 0 Å². The quantitative estimate of drug-likeness (QED) is 0.559. The highest BCUT2D eigenvalue weighted by Crippen LogP contribution is 2.31. The van der Waals surface area contributed by atoms with Gasteiger partial charge in [-0.2, -0.15) is 0 Å². The summed E-state index contributed by atoms with van der Waals surface area (Å²) < 4.78 is 0. The molecule has 2 aliphatic heterocycles. The van der Waals surface area contributed by atoms with Crippen LogP contribution in [0.5, 0.6) is 0 Å². The molecule has 7 heteroatoms. The molecule has 0 aromatic heterocycles. The number of nitrogens with zero attached hydrogens (tertiary/aromatic N) is 2. The van der Waals surface area contributed by atoms with Crippen LogP contribution in [0.3, 0.4) is 0 Å². The number of imide groups is 1. The first-order valence-corrected chi connectivity index (χ1v) is 12.1. The van der Waals surface area contributed by atoms with Crippen LogP contribution in [0, 0.1) is 12.8 Å². The van der Waals surface area contributed by atoms with Gasteiger partial charge in [-0.3, -0.25) is 19.2 Å². The second-order valence-corrected chi connectivity index (χ2v) is 9.26. The third-order valence-corrected chi connectivity index (χ3v) is 6.95. The summed E-state index contributed by atoms with van der Waals surface area (Å²) >= 11 is 0. The van der Waals surface area contributed by atoms with Crippen LogP contribution in [0.25, 0.3) is 0 Å². The fourth-order valence-electron chi connectivity index (χ4n) is 4.86. The number of amides is 4. The fraction of sp³-hybridized carbons (Fsp3) is 0.241. The van der Waals surface area contributed by atoms with Gasteiger partial charge in [-0.15, -0.1) is 0 Å². The van der Waals surface area contributed by atoms with E-state index in [1.54, 1.807) is 29.2 Å². The average molecular weight is 482 g/mol. The second kappa shape index (κ2) is 9.77. The Bertz CT molecular complexity index is 1340. The number of para-hydroxylation sites is 1. The van der Waals surface area contributed by atoms with Gasteiger partial charge in [0.2, 0.25) is 5.91 Å². The zero-order valence-corrected chi connectivity index (χ0v) is 20.1. The molecule has 0 radical (unpaired) electrons. The Morgan fingerprint density at radius 1 is 0.861 bits per heavy atom. The summed E-state index contributed by atoms with van der Waals surface area (Å²) in [6.07, 6.45) is 1.16. The van der Waals surface area contributed by atoms with E-state index in [4.69, 9.17) is 0 Å². The minimum absolute atomic E-state index is 0.00360. The van der Waals surface area contributed by atoms with E-state index >= 15 is 0 Å². The molecule has 36 heavy (non-hydrogen) atoms. The summed E-state index contributed by atoms with van der Waals surface area (Å²) in [5.41, 5.74) is 3.32. The summed E-state index contributed by atoms with van der Waals surface area (Å²) in [7, 11) is 0. The highest BCUT2D eigenvalue weighted by Gasteiger charge is 2.38. The maximum atomic E-state index is 13.2. The van der Waals surface area contributed by atoms with Crippen LogP contribution in [-0.4, -0.2) is 41.6 Å². The SMILES string of the molecule is Cc1ccccc1N1C(=O)c2ccc(C(=O)N3CCC(C(=O)NCc4ccccc4)CC3)cc2C1=O. The van der Waals surface area contributed by atoms with Gasteiger partial charge in [0, 0.05) is 31.1 Å². The molecule has 2 heterocycles. The van der Waals surface area contributed by atoms with Gasteiger partial charge in [-0.25, -0.2) is 4.90 Å². The van der Waals surface area contributed by atoms with Crippen molar-refractivity contribution in [2.45, 2.75) is 26.3 Å². The number of anilines is 1. The lowest BCUT2D eigenvalue weighted by Gasteiger charge is -2.31. The largest absolute Gasteiger partial charge is 0.352 e. The van der Waals surface area contributed by atoms with Crippen molar-refractivity contribution in [3.8, 4) is 0 Å². The number of piperidine rings is 1. The third-order valence-electron chi connectivity index (χ3n) is 6.95. The van der Waals surface area contributed by atoms with Crippen LogP contribution < -0.4 is 10.2 Å². The number of likely N-dealkylation sites (tertiary alicyclic amines) is 1. The van der Waals surface area contributed by atoms with Gasteiger partial charge in [0.1, 0.15) is 0 Å². The molecule has 182 valence electrons. The van der Waals surface area contributed by atoms with E-state index < -0.39 is 5.91 Å². The molecule has 0 spiro atoms. The number of aryl methyl sites for hydroxylation is 1. The summed E-state index contributed by atoms with van der Waals surface area (Å²) in [6, 6.07) is 21.7. The van der Waals surface area contributed by atoms with E-state index in [2.05, 4.69) is 5.32 Å². The maximum Gasteiger partial charge on any atom is 0.266 e. The van der Waals surface area contributed by atoms with E-state index in [1.807, 2.05) is 49.4 Å². The molecular weight excluding hydrogens is 454 g/mol. The molecular formula is C29H27N3O4. The Kier molecular flexibility index (Phi) is 6.38. The summed E-state index contributed by atoms with van der Waals surface area (Å²) in [4.78, 5) is 54.8. The molecule has 0 unspecified atom stereocenters. The van der Waals surface area contributed by atoms with Gasteiger partial charge in [-0.05, 0) is 55.2 Å². The molecule has 1 fully saturated rings. The van der Waals surface area contributed by atoms with E-state index in [-0.39, 0.29) is 29.2 Å². The van der Waals surface area contributed by atoms with Crippen molar-refractivity contribution in [2.75, 3.05) is 18.0 Å². The molecule has 0 saturated carbocycles. The van der Waals surface area contributed by atoms with Crippen LogP contribution in [0.4, 0.5) is 5.69 Å². The fourth-order valence-corrected chi connectivity index (χ4v) is 4.86. The maximum absolute atomic E-state index is 13.2. The number of carbonyl (C=O) groups is 4. The molecule has 0 aliphatic carbocycles. The third kappa shape index (κ3) is 4.40. The number of nitrogens with one attached hydrogen (secondary N) is 1. The standard InChI is InChI=1S/C29H27N3O4/c1-19-7-5-6-10-25(19)32-28(35)23-12-11-22(17-24(23)29(32)36)27(34)31-15-13-21(14-16-31)26(33)30-18-20-8-3-2-4-9-20/h2-12,17,21H,13-16,18H2,1H3,(H,30,33). The summed E-state index contributed by atoms with van der Waals surface area (Å²) in [6.45, 7) is 3.25. The number of benzene rings is 3. The summed E-state index contributed by atoms with van der Waals surface area (Å²) in [5, 5.41) is 2.99. The molecule has 3 aromatic carbocycles. The van der Waals surface area contributed by atoms with E-state index in [1.165, 1.54) is 11.0 Å². The molecule has 0 bridgehead atoms. The number of fused-ring (bicyclic) bond motifs is 1. The van der Waals surface area contributed by atoms with Gasteiger partial charge in [0.25, 0.3) is 17.7 Å². The van der Waals surface area contributed by atoms with Gasteiger partial charge in [-0.1, -0.05) is 48.5 Å². The van der Waals surface area contributed by atoms with Gasteiger partial charge < -0.3 is 10.2 Å². The topological polar surface area (TPSA) is 86.8 Å². The number of rotatable bonds is 5. The first-order valence-electron chi connectivity index (χ1n) is 12.1. The highest BCUT2D eigenvalue weighted by molar-refractivity contribution is 6.35. The first-order chi connectivity index (χ1) is 17.4. The number of hydrogen-bond acceptors (Lipinski definition) is 4. The first kappa shape index (κ1) is 23.5. The predicted octanol–water partition coefficient (Wildman–Crippen LogP) is 3.96. The van der Waals surface area contributed by atoms with Crippen molar-refractivity contribution in [1.29, 1.82) is 0 Å². The van der Waals surface area contributed by atoms with Crippen LogP contribution in [0.15, 0.2) is 72.8 Å². The smallest absolute Gasteiger partial charge is 0.266 e. The van der Waals surface area contributed by atoms with Crippen molar-refractivity contribution in [3.05, 3.63) is 101 Å². The van der Waals surface area contributed by atoms with Crippen molar-refractivity contribution in [1.82, 2.24) is 10.2 Å². The minimum Gasteiger partial charge on any atom is -0.352 e. The molecule has 7 nitrogen and oxygen atoms in total. The van der Waals surface area contributed by atoms with Crippen LogP contribution >= 0.6 is 0 Å². The molecule has 1 saturated heterocycles. The van der Waals surface area contributed by atoms with Crippen molar-refractivity contribution in [3.63, 3.8) is 0 Å². The second-order valence-electron chi connectivity index (χ2n) is 9.26. The number of carbonyl (C=O) groups excluding carboxylic acids is 4. The van der Waals surface area contributed by atoms with Crippen LogP contribution in [0.1, 0.15) is 55.0 Å². The monoisotopic (exact) mass is 481 g/mol. The molecule has 3 aromatic rings. The Morgan fingerprint density at radius 2 is 1.53 bits per heavy atom. The van der Waals surface area contributed by atoms with Crippen molar-refractivity contribution in [2.24, 2.45) is 5.92 Å². The lowest BCUT2D eigenvalue weighted by Crippen LogP contribution is -2.43. The minimum atomic E-state index is -0.423. The van der Waals surface area contributed by atoms with Gasteiger partial charge in [0.05, 0.1) is 16.8 Å². The zero-order valence-electron chi connectivity index (χ0n) is 20.1. The molecule has 0 atom stereocenters. The summed E-state index contributed by atoms with van der Waals surface area (Å²) in [5.74, 6) is -1.14. The average Bonchev–Trinajstić information content (AvgIpc) is 3.16. The Labute approximate surface area is 209 Å². The van der Waals surface area contributed by atoms with E-state index in [9.17, 15) is 19.2 Å². The van der Waals surface area contributed by atoms with Gasteiger partial charge >= 0.3 is 0 Å². The Morgan fingerprint density at radius 3 is 2.25 bits per heavy atom. The highest BCUT2D eigenvalue weighted by atomic mass is 16.2. The lowest BCUT2D eigenvalue weighted by atomic mass is 9.95. The van der Waals surface area contributed by atoms with E-state index in [0.717, 1.165) is 11.1 Å². The molecule has 4 amide bonds. The van der Waals surface area contributed by atoms with Gasteiger partial charge in [0.15, 0.2) is 0 Å². The Hall–Kier alpha value is -4.26. The van der Waals surface area contributed by atoms with Crippen LogP contribution in [-0.2, 0) is 11.3 Å². The molecule has 5 rings (SSSR count). The zero-order chi connectivity index (χ0) is 25.2. The normalized spacial score (nSPS) is 15.7. The molecule has 2 aliphatic rings. The lowest BCUT2D eigenvalue weighted by molar-refractivity contribution is -0.126. The van der Waals surface area contributed by atoms with E-state index in [0.29, 0.717) is 49.3 Å². The Balaban J connectivity index is 1.23.